The monoisotopic (exact) mass is 368 g/mol. The van der Waals surface area contributed by atoms with E-state index in [4.69, 9.17) is 9.47 Å². The summed E-state index contributed by atoms with van der Waals surface area (Å²) in [5.74, 6) is 0.890. The Morgan fingerprint density at radius 1 is 1.11 bits per heavy atom. The maximum atomic E-state index is 12.2. The van der Waals surface area contributed by atoms with Gasteiger partial charge in [-0.05, 0) is 42.8 Å². The molecule has 2 rings (SSSR count). The fourth-order valence-electron chi connectivity index (χ4n) is 2.33. The molecule has 0 heterocycles. The van der Waals surface area contributed by atoms with Gasteiger partial charge in [0.25, 0.3) is 0 Å². The van der Waals surface area contributed by atoms with Gasteiger partial charge in [0.15, 0.2) is 0 Å². The number of benzene rings is 2. The molecule has 0 bridgehead atoms. The highest BCUT2D eigenvalue weighted by molar-refractivity contribution is 5.98. The lowest BCUT2D eigenvalue weighted by Crippen LogP contribution is -2.33. The molecular formula is C21H24N2O4. The van der Waals surface area contributed by atoms with Crippen LogP contribution in [-0.2, 0) is 9.59 Å². The first-order valence-corrected chi connectivity index (χ1v) is 8.61. The number of hydrogen-bond acceptors (Lipinski definition) is 4. The van der Waals surface area contributed by atoms with Crippen LogP contribution < -0.4 is 14.8 Å². The first kappa shape index (κ1) is 20.0. The molecule has 27 heavy (non-hydrogen) atoms. The fraction of sp³-hybridized carbons (Fsp3) is 0.238. The Kier molecular flexibility index (Phi) is 7.43. The molecule has 6 heteroatoms. The highest BCUT2D eigenvalue weighted by atomic mass is 16.5. The molecule has 0 radical (unpaired) electrons. The number of likely N-dealkylation sites (N-methyl/N-ethyl adjacent to an activating group) is 1. The minimum atomic E-state index is -0.284. The van der Waals surface area contributed by atoms with Crippen molar-refractivity contribution in [1.29, 1.82) is 0 Å². The van der Waals surface area contributed by atoms with E-state index in [0.29, 0.717) is 18.0 Å². The third-order valence-corrected chi connectivity index (χ3v) is 3.72. The molecule has 142 valence electrons. The molecule has 2 aromatic rings. The highest BCUT2D eigenvalue weighted by Gasteiger charge is 2.11. The number of carbonyl (C=O) groups is 2. The van der Waals surface area contributed by atoms with Crippen LogP contribution in [0, 0.1) is 0 Å². The van der Waals surface area contributed by atoms with E-state index in [1.807, 2.05) is 31.2 Å². The Morgan fingerprint density at radius 3 is 2.52 bits per heavy atom. The van der Waals surface area contributed by atoms with Gasteiger partial charge in [-0.15, -0.1) is 0 Å². The van der Waals surface area contributed by atoms with Gasteiger partial charge < -0.3 is 19.7 Å². The van der Waals surface area contributed by atoms with Gasteiger partial charge in [-0.2, -0.15) is 0 Å². The van der Waals surface area contributed by atoms with Crippen LogP contribution >= 0.6 is 0 Å². The predicted molar refractivity (Wildman–Crippen MR) is 106 cm³/mol. The fourth-order valence-corrected chi connectivity index (χ4v) is 2.33. The third-order valence-electron chi connectivity index (χ3n) is 3.72. The molecule has 2 aromatic carbocycles. The summed E-state index contributed by atoms with van der Waals surface area (Å²) >= 11 is 0. The number of ether oxygens (including phenoxy) is 2. The minimum absolute atomic E-state index is 0.0519. The van der Waals surface area contributed by atoms with Gasteiger partial charge in [-0.3, -0.25) is 9.59 Å². The van der Waals surface area contributed by atoms with E-state index in [9.17, 15) is 9.59 Å². The number of methoxy groups -OCH3 is 1. The molecule has 0 aromatic heterocycles. The molecular weight excluding hydrogens is 344 g/mol. The van der Waals surface area contributed by atoms with Gasteiger partial charge in [0.1, 0.15) is 11.5 Å². The standard InChI is InChI=1S/C21H24N2O4/c1-4-27-18-11-8-16(9-12-18)10-13-21(25)23(2)15-20(24)22-17-6-5-7-19(14-17)26-3/h5-14H,4,15H2,1-3H3,(H,22,24)/b13-10+. The molecule has 0 saturated carbocycles. The molecule has 0 fully saturated rings. The SMILES string of the molecule is CCOc1ccc(/C=C/C(=O)N(C)CC(=O)Nc2cccc(OC)c2)cc1. The average molecular weight is 368 g/mol. The zero-order valence-corrected chi connectivity index (χ0v) is 15.8. The zero-order valence-electron chi connectivity index (χ0n) is 15.8. The normalized spacial score (nSPS) is 10.5. The molecule has 6 nitrogen and oxygen atoms in total. The van der Waals surface area contributed by atoms with Crippen LogP contribution in [0.2, 0.25) is 0 Å². The molecule has 0 atom stereocenters. The van der Waals surface area contributed by atoms with Crippen LogP contribution in [0.3, 0.4) is 0 Å². The number of nitrogens with zero attached hydrogens (tertiary/aromatic N) is 1. The molecule has 0 aliphatic rings. The van der Waals surface area contributed by atoms with Crippen molar-refractivity contribution in [2.45, 2.75) is 6.92 Å². The van der Waals surface area contributed by atoms with E-state index in [-0.39, 0.29) is 18.4 Å². The summed E-state index contributed by atoms with van der Waals surface area (Å²) in [7, 11) is 3.14. The summed E-state index contributed by atoms with van der Waals surface area (Å²) < 4.78 is 10.5. The number of anilines is 1. The van der Waals surface area contributed by atoms with Crippen molar-refractivity contribution in [2.75, 3.05) is 32.6 Å². The van der Waals surface area contributed by atoms with Crippen molar-refractivity contribution >= 4 is 23.6 Å². The number of carbonyl (C=O) groups excluding carboxylic acids is 2. The summed E-state index contributed by atoms with van der Waals surface area (Å²) in [6, 6.07) is 14.5. The molecule has 0 aliphatic carbocycles. The number of amides is 2. The second kappa shape index (κ2) is 10.0. The van der Waals surface area contributed by atoms with Crippen molar-refractivity contribution in [3.8, 4) is 11.5 Å². The molecule has 0 saturated heterocycles. The topological polar surface area (TPSA) is 67.9 Å². The molecule has 0 unspecified atom stereocenters. The molecule has 0 aliphatic heterocycles. The van der Waals surface area contributed by atoms with Gasteiger partial charge in [0, 0.05) is 24.9 Å². The Balaban J connectivity index is 1.87. The molecule has 2 amide bonds. The van der Waals surface area contributed by atoms with Crippen LogP contribution in [0.5, 0.6) is 11.5 Å². The quantitative estimate of drug-likeness (QED) is 0.727. The maximum Gasteiger partial charge on any atom is 0.246 e. The van der Waals surface area contributed by atoms with E-state index in [1.165, 1.54) is 11.0 Å². The second-order valence-electron chi connectivity index (χ2n) is 5.81. The van der Waals surface area contributed by atoms with E-state index in [0.717, 1.165) is 11.3 Å². The molecule has 1 N–H and O–H groups in total. The predicted octanol–water partition coefficient (Wildman–Crippen LogP) is 3.20. The van der Waals surface area contributed by atoms with Crippen molar-refractivity contribution in [2.24, 2.45) is 0 Å². The van der Waals surface area contributed by atoms with E-state index < -0.39 is 0 Å². The first-order valence-electron chi connectivity index (χ1n) is 8.61. The lowest BCUT2D eigenvalue weighted by atomic mass is 10.2. The summed E-state index contributed by atoms with van der Waals surface area (Å²) in [5, 5.41) is 2.74. The van der Waals surface area contributed by atoms with Gasteiger partial charge in [0.05, 0.1) is 20.3 Å². The third kappa shape index (κ3) is 6.51. The number of nitrogens with one attached hydrogen (secondary N) is 1. The van der Waals surface area contributed by atoms with E-state index in [1.54, 1.807) is 44.5 Å². The molecule has 0 spiro atoms. The van der Waals surface area contributed by atoms with Gasteiger partial charge in [-0.1, -0.05) is 18.2 Å². The lowest BCUT2D eigenvalue weighted by Gasteiger charge is -2.15. The average Bonchev–Trinajstić information content (AvgIpc) is 2.67. The minimum Gasteiger partial charge on any atom is -0.497 e. The summed E-state index contributed by atoms with van der Waals surface area (Å²) in [6.07, 6.45) is 3.14. The van der Waals surface area contributed by atoms with Crippen molar-refractivity contribution < 1.29 is 19.1 Å². The van der Waals surface area contributed by atoms with E-state index in [2.05, 4.69) is 5.32 Å². The van der Waals surface area contributed by atoms with Gasteiger partial charge in [0.2, 0.25) is 11.8 Å². The lowest BCUT2D eigenvalue weighted by molar-refractivity contribution is -0.129. The van der Waals surface area contributed by atoms with E-state index >= 15 is 0 Å². The van der Waals surface area contributed by atoms with Crippen LogP contribution in [0.15, 0.2) is 54.6 Å². The summed E-state index contributed by atoms with van der Waals surface area (Å²) in [5.41, 5.74) is 1.49. The van der Waals surface area contributed by atoms with Crippen LogP contribution in [0.4, 0.5) is 5.69 Å². The Labute approximate surface area is 159 Å². The number of rotatable bonds is 8. The highest BCUT2D eigenvalue weighted by Crippen LogP contribution is 2.16. The van der Waals surface area contributed by atoms with Crippen LogP contribution in [0.1, 0.15) is 12.5 Å². The first-order chi connectivity index (χ1) is 13.0. The zero-order chi connectivity index (χ0) is 19.6. The summed E-state index contributed by atoms with van der Waals surface area (Å²) in [4.78, 5) is 25.7. The maximum absolute atomic E-state index is 12.2. The van der Waals surface area contributed by atoms with Crippen molar-refractivity contribution in [3.63, 3.8) is 0 Å². The Hall–Kier alpha value is -3.28. The second-order valence-corrected chi connectivity index (χ2v) is 5.81. The van der Waals surface area contributed by atoms with Crippen LogP contribution in [0.25, 0.3) is 6.08 Å². The summed E-state index contributed by atoms with van der Waals surface area (Å²) in [6.45, 7) is 2.48. The largest absolute Gasteiger partial charge is 0.497 e. The Bertz CT molecular complexity index is 800. The van der Waals surface area contributed by atoms with Gasteiger partial charge in [-0.25, -0.2) is 0 Å². The van der Waals surface area contributed by atoms with Gasteiger partial charge >= 0.3 is 0 Å². The number of hydrogen-bond donors (Lipinski definition) is 1. The van der Waals surface area contributed by atoms with Crippen LogP contribution in [-0.4, -0.2) is 44.0 Å². The van der Waals surface area contributed by atoms with Crippen molar-refractivity contribution in [1.82, 2.24) is 4.90 Å². The smallest absolute Gasteiger partial charge is 0.246 e. The Morgan fingerprint density at radius 2 is 1.85 bits per heavy atom. The van der Waals surface area contributed by atoms with Crippen molar-refractivity contribution in [3.05, 3.63) is 60.2 Å².